The van der Waals surface area contributed by atoms with Crippen LogP contribution in [0.5, 0.6) is 0 Å². The lowest BCUT2D eigenvalue weighted by atomic mass is 10.2. The summed E-state index contributed by atoms with van der Waals surface area (Å²) in [5.41, 5.74) is 0.466. The average Bonchev–Trinajstić information content (AvgIpc) is 2.21. The minimum absolute atomic E-state index is 0.0463. The van der Waals surface area contributed by atoms with Gasteiger partial charge < -0.3 is 5.21 Å². The molecule has 0 spiro atoms. The minimum atomic E-state index is -0.481. The van der Waals surface area contributed by atoms with Gasteiger partial charge >= 0.3 is 0 Å². The van der Waals surface area contributed by atoms with E-state index in [4.69, 9.17) is 5.21 Å². The van der Waals surface area contributed by atoms with Crippen molar-refractivity contribution in [3.05, 3.63) is 32.3 Å². The van der Waals surface area contributed by atoms with Gasteiger partial charge in [0.1, 0.15) is 0 Å². The molecule has 0 amide bonds. The molecule has 1 aromatic rings. The van der Waals surface area contributed by atoms with Crippen molar-refractivity contribution in [3.8, 4) is 0 Å². The molecule has 0 heterocycles. The van der Waals surface area contributed by atoms with E-state index in [2.05, 4.69) is 21.1 Å². The Bertz CT molecular complexity index is 498. The normalized spacial score (nSPS) is 12.0. The van der Waals surface area contributed by atoms with Gasteiger partial charge in [0.25, 0.3) is 5.69 Å². The van der Waals surface area contributed by atoms with Gasteiger partial charge in [-0.15, -0.1) is 11.8 Å². The van der Waals surface area contributed by atoms with Gasteiger partial charge in [-0.1, -0.05) is 25.9 Å². The van der Waals surface area contributed by atoms with Crippen molar-refractivity contribution in [1.29, 1.82) is 0 Å². The monoisotopic (exact) mass is 332 g/mol. The summed E-state index contributed by atoms with van der Waals surface area (Å²) < 4.78 is 0.558. The third-order valence-electron chi connectivity index (χ3n) is 1.87. The zero-order valence-electron chi connectivity index (χ0n) is 10.2. The number of nitrogens with zero attached hydrogens (tertiary/aromatic N) is 2. The van der Waals surface area contributed by atoms with Gasteiger partial charge in [0.05, 0.1) is 11.1 Å². The molecule has 0 saturated carbocycles. The van der Waals surface area contributed by atoms with E-state index in [9.17, 15) is 10.1 Å². The van der Waals surface area contributed by atoms with Crippen LogP contribution in [0.3, 0.4) is 0 Å². The SMILES string of the molecule is CC(C)(C)Sc1c(Br)cc([N+](=O)[O-])cc1C=NO. The van der Waals surface area contributed by atoms with Gasteiger partial charge in [-0.25, -0.2) is 0 Å². The van der Waals surface area contributed by atoms with Crippen molar-refractivity contribution in [2.24, 2.45) is 5.16 Å². The van der Waals surface area contributed by atoms with Crippen LogP contribution in [-0.4, -0.2) is 21.1 Å². The number of hydrogen-bond donors (Lipinski definition) is 1. The molecular formula is C11H13BrN2O3S. The first-order valence-electron chi connectivity index (χ1n) is 5.09. The molecule has 98 valence electrons. The molecule has 0 unspecified atom stereocenters. The fourth-order valence-electron chi connectivity index (χ4n) is 1.28. The van der Waals surface area contributed by atoms with Crippen molar-refractivity contribution >= 4 is 39.6 Å². The summed E-state index contributed by atoms with van der Waals surface area (Å²) in [6.45, 7) is 6.10. The van der Waals surface area contributed by atoms with Crippen molar-refractivity contribution in [2.45, 2.75) is 30.4 Å². The van der Waals surface area contributed by atoms with Crippen molar-refractivity contribution < 1.29 is 10.1 Å². The highest BCUT2D eigenvalue weighted by Crippen LogP contribution is 2.40. The summed E-state index contributed by atoms with van der Waals surface area (Å²) in [5.74, 6) is 0. The fraction of sp³-hybridized carbons (Fsp3) is 0.364. The Labute approximate surface area is 118 Å². The summed E-state index contributed by atoms with van der Waals surface area (Å²) in [5, 5.41) is 22.4. The van der Waals surface area contributed by atoms with Crippen LogP contribution in [0.1, 0.15) is 26.3 Å². The van der Waals surface area contributed by atoms with Crippen LogP contribution >= 0.6 is 27.7 Å². The third kappa shape index (κ3) is 3.99. The molecule has 0 bridgehead atoms. The molecule has 0 radical (unpaired) electrons. The first-order valence-corrected chi connectivity index (χ1v) is 6.70. The van der Waals surface area contributed by atoms with Crippen molar-refractivity contribution in [1.82, 2.24) is 0 Å². The second kappa shape index (κ2) is 5.71. The van der Waals surface area contributed by atoms with E-state index in [0.29, 0.717) is 10.0 Å². The number of hydrogen-bond acceptors (Lipinski definition) is 5. The maximum atomic E-state index is 10.8. The number of benzene rings is 1. The molecule has 0 aromatic heterocycles. The minimum Gasteiger partial charge on any atom is -0.411 e. The molecule has 1 N–H and O–H groups in total. The Morgan fingerprint density at radius 2 is 2.11 bits per heavy atom. The van der Waals surface area contributed by atoms with Crippen LogP contribution in [0.25, 0.3) is 0 Å². The molecule has 1 aromatic carbocycles. The highest BCUT2D eigenvalue weighted by atomic mass is 79.9. The molecule has 1 rings (SSSR count). The van der Waals surface area contributed by atoms with E-state index in [1.165, 1.54) is 18.3 Å². The Hall–Kier alpha value is -1.08. The van der Waals surface area contributed by atoms with E-state index < -0.39 is 4.92 Å². The Morgan fingerprint density at radius 1 is 1.50 bits per heavy atom. The summed E-state index contributed by atoms with van der Waals surface area (Å²) >= 11 is 4.86. The molecule has 7 heteroatoms. The van der Waals surface area contributed by atoms with Gasteiger partial charge in [0, 0.05) is 31.8 Å². The highest BCUT2D eigenvalue weighted by molar-refractivity contribution is 9.10. The molecule has 0 saturated heterocycles. The molecule has 0 atom stereocenters. The molecular weight excluding hydrogens is 320 g/mol. The van der Waals surface area contributed by atoms with Crippen LogP contribution in [-0.2, 0) is 0 Å². The predicted molar refractivity (Wildman–Crippen MR) is 75.8 cm³/mol. The number of non-ortho nitro benzene ring substituents is 1. The summed E-state index contributed by atoms with van der Waals surface area (Å²) in [7, 11) is 0. The quantitative estimate of drug-likeness (QED) is 0.298. The number of thioether (sulfide) groups is 1. The summed E-state index contributed by atoms with van der Waals surface area (Å²) in [6, 6.07) is 2.83. The first-order chi connectivity index (χ1) is 8.24. The van der Waals surface area contributed by atoms with Gasteiger partial charge in [-0.3, -0.25) is 10.1 Å². The Morgan fingerprint density at radius 3 is 2.56 bits per heavy atom. The standard InChI is InChI=1S/C11H13BrN2O3S/c1-11(2,3)18-10-7(6-13-15)4-8(14(16)17)5-9(10)12/h4-6,15H,1-3H3. The molecule has 5 nitrogen and oxygen atoms in total. The zero-order valence-corrected chi connectivity index (χ0v) is 12.6. The van der Waals surface area contributed by atoms with Gasteiger partial charge in [-0.05, 0) is 15.9 Å². The Balaban J connectivity index is 3.36. The van der Waals surface area contributed by atoms with E-state index >= 15 is 0 Å². The van der Waals surface area contributed by atoms with E-state index in [-0.39, 0.29) is 10.4 Å². The van der Waals surface area contributed by atoms with Crippen molar-refractivity contribution in [2.75, 3.05) is 0 Å². The average molecular weight is 333 g/mol. The molecule has 18 heavy (non-hydrogen) atoms. The smallest absolute Gasteiger partial charge is 0.271 e. The van der Waals surface area contributed by atoms with Crippen LogP contribution in [0.4, 0.5) is 5.69 Å². The first kappa shape index (κ1) is 15.0. The zero-order chi connectivity index (χ0) is 13.9. The predicted octanol–water partition coefficient (Wildman–Crippen LogP) is 4.06. The lowest BCUT2D eigenvalue weighted by Crippen LogP contribution is -2.08. The Kier molecular flexibility index (Phi) is 4.75. The fourth-order valence-corrected chi connectivity index (χ4v) is 2.98. The maximum Gasteiger partial charge on any atom is 0.271 e. The van der Waals surface area contributed by atoms with Crippen molar-refractivity contribution in [3.63, 3.8) is 0 Å². The van der Waals surface area contributed by atoms with Crippen LogP contribution in [0.2, 0.25) is 0 Å². The van der Waals surface area contributed by atoms with Crippen LogP contribution in [0, 0.1) is 10.1 Å². The van der Waals surface area contributed by atoms with Crippen LogP contribution < -0.4 is 0 Å². The maximum absolute atomic E-state index is 10.8. The number of rotatable bonds is 3. The summed E-state index contributed by atoms with van der Waals surface area (Å²) in [4.78, 5) is 11.1. The molecule has 0 aliphatic heterocycles. The third-order valence-corrected chi connectivity index (χ3v) is 4.03. The second-order valence-corrected chi connectivity index (χ2v) is 7.25. The van der Waals surface area contributed by atoms with Gasteiger partial charge in [-0.2, -0.15) is 0 Å². The summed E-state index contributed by atoms with van der Waals surface area (Å²) in [6.07, 6.45) is 1.20. The number of oxime groups is 1. The number of nitro groups is 1. The molecule has 0 fully saturated rings. The molecule has 0 aliphatic carbocycles. The van der Waals surface area contributed by atoms with Gasteiger partial charge in [0.2, 0.25) is 0 Å². The van der Waals surface area contributed by atoms with Gasteiger partial charge in [0.15, 0.2) is 0 Å². The van der Waals surface area contributed by atoms with E-state index in [0.717, 1.165) is 4.90 Å². The second-order valence-electron chi connectivity index (χ2n) is 4.56. The van der Waals surface area contributed by atoms with E-state index in [1.807, 2.05) is 20.8 Å². The number of nitro benzene ring substituents is 1. The highest BCUT2D eigenvalue weighted by Gasteiger charge is 2.20. The largest absolute Gasteiger partial charge is 0.411 e. The molecule has 0 aliphatic rings. The topological polar surface area (TPSA) is 75.7 Å². The lowest BCUT2D eigenvalue weighted by Gasteiger charge is -2.19. The lowest BCUT2D eigenvalue weighted by molar-refractivity contribution is -0.385. The number of halogens is 1. The van der Waals surface area contributed by atoms with E-state index in [1.54, 1.807) is 11.8 Å². The van der Waals surface area contributed by atoms with Crippen LogP contribution in [0.15, 0.2) is 26.7 Å².